The van der Waals surface area contributed by atoms with Gasteiger partial charge in [0.2, 0.25) is 0 Å². The summed E-state index contributed by atoms with van der Waals surface area (Å²) in [5, 5.41) is -0.115. The third-order valence-corrected chi connectivity index (χ3v) is 2.37. The number of nitrogens with two attached hydrogens (primary N) is 1. The van der Waals surface area contributed by atoms with E-state index in [1.807, 2.05) is 13.8 Å². The van der Waals surface area contributed by atoms with E-state index in [2.05, 4.69) is 4.99 Å². The first-order valence-electron chi connectivity index (χ1n) is 4.40. The number of hydrogen-bond acceptors (Lipinski definition) is 1. The van der Waals surface area contributed by atoms with Gasteiger partial charge in [-0.15, -0.1) is 0 Å². The van der Waals surface area contributed by atoms with Gasteiger partial charge in [-0.2, -0.15) is 0 Å². The van der Waals surface area contributed by atoms with E-state index < -0.39 is 5.82 Å². The van der Waals surface area contributed by atoms with Crippen LogP contribution in [0.4, 0.5) is 10.1 Å². The van der Waals surface area contributed by atoms with Gasteiger partial charge < -0.3 is 5.73 Å². The van der Waals surface area contributed by atoms with Gasteiger partial charge in [-0.3, -0.25) is 0 Å². The predicted molar refractivity (Wildman–Crippen MR) is 62.5 cm³/mol. The van der Waals surface area contributed by atoms with Crippen LogP contribution in [0.1, 0.15) is 13.8 Å². The lowest BCUT2D eigenvalue weighted by atomic mass is 10.2. The Labute approximate surface area is 97.9 Å². The molecule has 82 valence electrons. The zero-order chi connectivity index (χ0) is 11.6. The summed E-state index contributed by atoms with van der Waals surface area (Å²) in [6, 6.07) is 2.77. The lowest BCUT2D eigenvalue weighted by molar-refractivity contribution is 0.629. The third-order valence-electron chi connectivity index (χ3n) is 1.82. The van der Waals surface area contributed by atoms with Crippen LogP contribution in [-0.2, 0) is 0 Å². The van der Waals surface area contributed by atoms with Crippen molar-refractivity contribution in [2.45, 2.75) is 13.8 Å². The maximum absolute atomic E-state index is 13.1. The first kappa shape index (κ1) is 12.3. The van der Waals surface area contributed by atoms with Crippen LogP contribution in [0.25, 0.3) is 0 Å². The van der Waals surface area contributed by atoms with Gasteiger partial charge in [0.15, 0.2) is 5.82 Å². The Morgan fingerprint density at radius 2 is 1.80 bits per heavy atom. The van der Waals surface area contributed by atoms with Crippen molar-refractivity contribution in [3.63, 3.8) is 0 Å². The van der Waals surface area contributed by atoms with Gasteiger partial charge in [0.25, 0.3) is 0 Å². The highest BCUT2D eigenvalue weighted by atomic mass is 35.5. The number of hydrogen-bond donors (Lipinski definition) is 1. The molecule has 0 saturated carbocycles. The second-order valence-electron chi connectivity index (χ2n) is 3.41. The molecule has 0 radical (unpaired) electrons. The fourth-order valence-electron chi connectivity index (χ4n) is 0.885. The van der Waals surface area contributed by atoms with Crippen LogP contribution in [0, 0.1) is 11.7 Å². The zero-order valence-corrected chi connectivity index (χ0v) is 9.90. The molecule has 15 heavy (non-hydrogen) atoms. The summed E-state index contributed by atoms with van der Waals surface area (Å²) in [4.78, 5) is 4.08. The van der Waals surface area contributed by atoms with Crippen LogP contribution in [0.3, 0.4) is 0 Å². The minimum atomic E-state index is -0.639. The normalized spacial score (nSPS) is 12.3. The van der Waals surface area contributed by atoms with Gasteiger partial charge in [0, 0.05) is 5.92 Å². The molecule has 0 spiro atoms. The summed E-state index contributed by atoms with van der Waals surface area (Å²) in [5.74, 6) is -0.0678. The van der Waals surface area contributed by atoms with Crippen molar-refractivity contribution in [2.75, 3.05) is 0 Å². The number of benzene rings is 1. The molecule has 0 saturated heterocycles. The zero-order valence-electron chi connectivity index (χ0n) is 8.39. The van der Waals surface area contributed by atoms with E-state index in [-0.39, 0.29) is 16.0 Å². The monoisotopic (exact) mass is 248 g/mol. The number of nitrogens with zero attached hydrogens (tertiary/aromatic N) is 1. The van der Waals surface area contributed by atoms with Crippen LogP contribution in [-0.4, -0.2) is 5.84 Å². The molecule has 0 unspecified atom stereocenters. The van der Waals surface area contributed by atoms with Crippen molar-refractivity contribution < 1.29 is 4.39 Å². The molecule has 1 aromatic rings. The molecule has 0 aromatic heterocycles. The van der Waals surface area contributed by atoms with E-state index in [4.69, 9.17) is 28.9 Å². The maximum atomic E-state index is 13.1. The first-order valence-corrected chi connectivity index (χ1v) is 5.16. The van der Waals surface area contributed by atoms with Gasteiger partial charge in [-0.25, -0.2) is 9.38 Å². The molecular weight excluding hydrogens is 238 g/mol. The summed E-state index contributed by atoms with van der Waals surface area (Å²) < 4.78 is 13.1. The van der Waals surface area contributed by atoms with Crippen LogP contribution in [0.5, 0.6) is 0 Å². The third kappa shape index (κ3) is 3.08. The Balaban J connectivity index is 3.13. The van der Waals surface area contributed by atoms with Crippen LogP contribution in [0.2, 0.25) is 10.0 Å². The summed E-state index contributed by atoms with van der Waals surface area (Å²) in [6.45, 7) is 3.82. The fourth-order valence-corrected chi connectivity index (χ4v) is 1.36. The summed E-state index contributed by atoms with van der Waals surface area (Å²) >= 11 is 11.2. The van der Waals surface area contributed by atoms with Crippen molar-refractivity contribution >= 4 is 34.7 Å². The van der Waals surface area contributed by atoms with E-state index in [1.54, 1.807) is 0 Å². The molecular formula is C10H11Cl2FN2. The Kier molecular flexibility index (Phi) is 3.94. The van der Waals surface area contributed by atoms with Crippen LogP contribution < -0.4 is 5.73 Å². The second kappa shape index (κ2) is 4.81. The minimum Gasteiger partial charge on any atom is -0.387 e. The Morgan fingerprint density at radius 1 is 1.33 bits per heavy atom. The highest BCUT2D eigenvalue weighted by molar-refractivity contribution is 6.35. The molecule has 0 heterocycles. The van der Waals surface area contributed by atoms with Crippen molar-refractivity contribution in [1.29, 1.82) is 0 Å². The molecule has 0 bridgehead atoms. The molecule has 0 aliphatic rings. The van der Waals surface area contributed by atoms with Gasteiger partial charge >= 0.3 is 0 Å². The Hall–Kier alpha value is -0.800. The SMILES string of the molecule is CC(C)C(N)=Nc1cc(Cl)c(F)c(Cl)c1. The van der Waals surface area contributed by atoms with Gasteiger partial charge in [0.1, 0.15) is 5.84 Å². The standard InChI is InChI=1S/C10H11Cl2FN2/c1-5(2)10(14)15-6-3-7(11)9(13)8(12)4-6/h3-5H,1-2H3,(H2,14,15). The lowest BCUT2D eigenvalue weighted by Crippen LogP contribution is -2.18. The molecule has 0 aliphatic carbocycles. The minimum absolute atomic E-state index is 0.0576. The van der Waals surface area contributed by atoms with E-state index in [0.717, 1.165) is 0 Å². The van der Waals surface area contributed by atoms with E-state index in [9.17, 15) is 4.39 Å². The second-order valence-corrected chi connectivity index (χ2v) is 4.23. The van der Waals surface area contributed by atoms with E-state index in [1.165, 1.54) is 12.1 Å². The molecule has 0 atom stereocenters. The number of amidine groups is 1. The van der Waals surface area contributed by atoms with Crippen LogP contribution in [0.15, 0.2) is 17.1 Å². The smallest absolute Gasteiger partial charge is 0.160 e. The van der Waals surface area contributed by atoms with E-state index in [0.29, 0.717) is 11.5 Å². The molecule has 5 heteroatoms. The van der Waals surface area contributed by atoms with Gasteiger partial charge in [-0.05, 0) is 12.1 Å². The van der Waals surface area contributed by atoms with Crippen LogP contribution >= 0.6 is 23.2 Å². The average molecular weight is 249 g/mol. The largest absolute Gasteiger partial charge is 0.387 e. The fraction of sp³-hybridized carbons (Fsp3) is 0.300. The summed E-state index contributed by atoms with van der Waals surface area (Å²) in [6.07, 6.45) is 0. The number of aliphatic imine (C=N–C) groups is 1. The highest BCUT2D eigenvalue weighted by Crippen LogP contribution is 2.28. The Morgan fingerprint density at radius 3 is 2.20 bits per heavy atom. The topological polar surface area (TPSA) is 38.4 Å². The van der Waals surface area contributed by atoms with E-state index >= 15 is 0 Å². The molecule has 1 aromatic carbocycles. The quantitative estimate of drug-likeness (QED) is 0.483. The van der Waals surface area contributed by atoms with Crippen molar-refractivity contribution in [2.24, 2.45) is 16.6 Å². The molecule has 2 N–H and O–H groups in total. The van der Waals surface area contributed by atoms with Crippen molar-refractivity contribution in [1.82, 2.24) is 0 Å². The van der Waals surface area contributed by atoms with Gasteiger partial charge in [-0.1, -0.05) is 37.0 Å². The highest BCUT2D eigenvalue weighted by Gasteiger charge is 2.08. The maximum Gasteiger partial charge on any atom is 0.160 e. The number of rotatable bonds is 2. The van der Waals surface area contributed by atoms with Gasteiger partial charge in [0.05, 0.1) is 15.7 Å². The Bertz CT molecular complexity index is 379. The number of halogens is 3. The summed E-state index contributed by atoms with van der Waals surface area (Å²) in [7, 11) is 0. The molecule has 2 nitrogen and oxygen atoms in total. The van der Waals surface area contributed by atoms with Crippen molar-refractivity contribution in [3.05, 3.63) is 28.0 Å². The molecule has 0 fully saturated rings. The summed E-state index contributed by atoms with van der Waals surface area (Å²) in [5.41, 5.74) is 6.11. The predicted octanol–water partition coefficient (Wildman–Crippen LogP) is 3.78. The molecule has 0 amide bonds. The van der Waals surface area contributed by atoms with Crippen molar-refractivity contribution in [3.8, 4) is 0 Å². The first-order chi connectivity index (χ1) is 6.91. The average Bonchev–Trinajstić information content (AvgIpc) is 2.13. The molecule has 1 rings (SSSR count). The lowest BCUT2D eigenvalue weighted by Gasteiger charge is -2.05. The molecule has 0 aliphatic heterocycles.